The molecular weight excluding hydrogens is 299 g/mol. The summed E-state index contributed by atoms with van der Waals surface area (Å²) in [4.78, 5) is 3.99. The Morgan fingerprint density at radius 1 is 1.23 bits per heavy atom. The predicted molar refractivity (Wildman–Crippen MR) is 86.3 cm³/mol. The molecular formula is C17H15FN2OS. The number of nitrogens with one attached hydrogen (secondary N) is 1. The van der Waals surface area contributed by atoms with Crippen LogP contribution in [0, 0.1) is 5.82 Å². The lowest BCUT2D eigenvalue weighted by Crippen LogP contribution is -2.16. The van der Waals surface area contributed by atoms with Gasteiger partial charge in [-0.1, -0.05) is 6.07 Å². The Morgan fingerprint density at radius 3 is 2.86 bits per heavy atom. The van der Waals surface area contributed by atoms with E-state index in [9.17, 15) is 8.60 Å². The average molecular weight is 314 g/mol. The maximum Gasteiger partial charge on any atom is 0.128 e. The van der Waals surface area contributed by atoms with Crippen LogP contribution < -0.4 is 0 Å². The van der Waals surface area contributed by atoms with Crippen LogP contribution in [0.3, 0.4) is 0 Å². The minimum absolute atomic E-state index is 0.124. The van der Waals surface area contributed by atoms with Gasteiger partial charge in [-0.15, -0.1) is 0 Å². The van der Waals surface area contributed by atoms with Gasteiger partial charge in [-0.3, -0.25) is 0 Å². The molecule has 3 nitrogen and oxygen atoms in total. The van der Waals surface area contributed by atoms with Gasteiger partial charge in [0.1, 0.15) is 16.8 Å². The lowest BCUT2D eigenvalue weighted by molar-refractivity contribution is 0.447. The van der Waals surface area contributed by atoms with E-state index in [1.54, 1.807) is 6.07 Å². The molecule has 0 spiro atoms. The van der Waals surface area contributed by atoms with Crippen LogP contribution in [-0.2, 0) is 11.0 Å². The summed E-state index contributed by atoms with van der Waals surface area (Å²) in [6, 6.07) is 10.9. The Balaban J connectivity index is 1.89. The highest BCUT2D eigenvalue weighted by Crippen LogP contribution is 2.39. The van der Waals surface area contributed by atoms with Crippen molar-refractivity contribution in [1.82, 2.24) is 9.29 Å². The van der Waals surface area contributed by atoms with Gasteiger partial charge in [-0.2, -0.15) is 0 Å². The normalized spacial score (nSPS) is 21.4. The SMILES string of the molecule is CC1c2cc(-c3c[nH]c4cc(F)ccc34)ccc2S(=O)N1C. The highest BCUT2D eigenvalue weighted by Gasteiger charge is 2.30. The van der Waals surface area contributed by atoms with Gasteiger partial charge < -0.3 is 4.98 Å². The van der Waals surface area contributed by atoms with Crippen molar-refractivity contribution in [2.24, 2.45) is 0 Å². The van der Waals surface area contributed by atoms with Crippen molar-refractivity contribution in [3.05, 3.63) is 54.0 Å². The fourth-order valence-corrected chi connectivity index (χ4v) is 4.36. The number of aromatic nitrogens is 1. The van der Waals surface area contributed by atoms with Crippen LogP contribution in [0.25, 0.3) is 22.0 Å². The van der Waals surface area contributed by atoms with Crippen molar-refractivity contribution in [2.45, 2.75) is 17.9 Å². The van der Waals surface area contributed by atoms with E-state index in [-0.39, 0.29) is 11.9 Å². The van der Waals surface area contributed by atoms with E-state index in [0.717, 1.165) is 32.5 Å². The van der Waals surface area contributed by atoms with E-state index in [0.29, 0.717) is 0 Å². The fourth-order valence-electron chi connectivity index (χ4n) is 3.03. The lowest BCUT2D eigenvalue weighted by atomic mass is 9.99. The van der Waals surface area contributed by atoms with Crippen LogP contribution in [0.1, 0.15) is 18.5 Å². The van der Waals surface area contributed by atoms with Gasteiger partial charge in [-0.05, 0) is 48.4 Å². The smallest absolute Gasteiger partial charge is 0.128 e. The first-order valence-corrected chi connectivity index (χ1v) is 8.22. The molecule has 0 aliphatic carbocycles. The van der Waals surface area contributed by atoms with Gasteiger partial charge in [0.2, 0.25) is 0 Å². The third-order valence-electron chi connectivity index (χ3n) is 4.41. The summed E-state index contributed by atoms with van der Waals surface area (Å²) in [5, 5.41) is 0.987. The molecule has 1 aliphatic rings. The molecule has 0 bridgehead atoms. The molecule has 4 rings (SSSR count). The van der Waals surface area contributed by atoms with E-state index in [2.05, 4.69) is 18.0 Å². The summed E-state index contributed by atoms with van der Waals surface area (Å²) < 4.78 is 27.4. The van der Waals surface area contributed by atoms with E-state index in [4.69, 9.17) is 0 Å². The van der Waals surface area contributed by atoms with Crippen molar-refractivity contribution >= 4 is 21.9 Å². The number of hydrogen-bond acceptors (Lipinski definition) is 1. The lowest BCUT2D eigenvalue weighted by Gasteiger charge is -2.12. The quantitative estimate of drug-likeness (QED) is 0.724. The number of H-pyrrole nitrogens is 1. The van der Waals surface area contributed by atoms with Gasteiger partial charge in [0.05, 0.1) is 4.90 Å². The van der Waals surface area contributed by atoms with E-state index in [1.165, 1.54) is 12.1 Å². The Hall–Kier alpha value is -1.98. The summed E-state index contributed by atoms with van der Waals surface area (Å²) in [5.74, 6) is -0.250. The van der Waals surface area contributed by atoms with Crippen LogP contribution in [0.15, 0.2) is 47.5 Å². The van der Waals surface area contributed by atoms with Gasteiger partial charge in [0.25, 0.3) is 0 Å². The third kappa shape index (κ3) is 1.86. The maximum atomic E-state index is 13.3. The van der Waals surface area contributed by atoms with Crippen LogP contribution in [0.2, 0.25) is 0 Å². The summed E-state index contributed by atoms with van der Waals surface area (Å²) in [7, 11) is 0.788. The molecule has 1 aromatic heterocycles. The molecule has 1 N–H and O–H groups in total. The predicted octanol–water partition coefficient (Wildman–Crippen LogP) is 4.00. The second kappa shape index (κ2) is 4.76. The third-order valence-corrected chi connectivity index (χ3v) is 6.00. The Labute approximate surface area is 130 Å². The molecule has 1 aliphatic heterocycles. The fraction of sp³-hybridized carbons (Fsp3) is 0.176. The van der Waals surface area contributed by atoms with Gasteiger partial charge in [0, 0.05) is 35.8 Å². The van der Waals surface area contributed by atoms with Crippen molar-refractivity contribution in [3.8, 4) is 11.1 Å². The van der Waals surface area contributed by atoms with Crippen LogP contribution in [0.5, 0.6) is 0 Å². The molecule has 0 saturated carbocycles. The molecule has 2 unspecified atom stereocenters. The number of fused-ring (bicyclic) bond motifs is 2. The monoisotopic (exact) mass is 314 g/mol. The maximum absolute atomic E-state index is 13.3. The summed E-state index contributed by atoms with van der Waals surface area (Å²) in [6.07, 6.45) is 1.89. The number of benzene rings is 2. The Bertz CT molecular complexity index is 918. The number of aromatic amines is 1. The first-order chi connectivity index (χ1) is 10.6. The molecule has 2 heterocycles. The Kier molecular flexibility index (Phi) is 2.96. The molecule has 0 fully saturated rings. The molecule has 5 heteroatoms. The zero-order valence-electron chi connectivity index (χ0n) is 12.3. The molecule has 0 saturated heterocycles. The summed E-state index contributed by atoms with van der Waals surface area (Å²) in [5.41, 5.74) is 3.96. The topological polar surface area (TPSA) is 36.1 Å². The number of halogens is 1. The van der Waals surface area contributed by atoms with E-state index in [1.807, 2.05) is 29.7 Å². The standard InChI is InChI=1S/C17H15FN2OS/c1-10-14-7-11(3-6-17(14)22(21)20(10)2)15-9-19-16-8-12(18)4-5-13(15)16/h3-10,19H,1-2H3. The molecule has 2 aromatic carbocycles. The van der Waals surface area contributed by atoms with Crippen LogP contribution in [-0.4, -0.2) is 20.5 Å². The minimum Gasteiger partial charge on any atom is -0.360 e. The zero-order chi connectivity index (χ0) is 15.4. The first-order valence-electron chi connectivity index (χ1n) is 7.12. The second-order valence-corrected chi connectivity index (χ2v) is 7.13. The largest absolute Gasteiger partial charge is 0.360 e. The number of rotatable bonds is 1. The van der Waals surface area contributed by atoms with Crippen molar-refractivity contribution in [2.75, 3.05) is 7.05 Å². The highest BCUT2D eigenvalue weighted by atomic mass is 32.2. The number of nitrogens with zero attached hydrogens (tertiary/aromatic N) is 1. The molecule has 22 heavy (non-hydrogen) atoms. The molecule has 0 amide bonds. The summed E-state index contributed by atoms with van der Waals surface area (Å²) in [6.45, 7) is 2.05. The van der Waals surface area contributed by atoms with Gasteiger partial charge >= 0.3 is 0 Å². The minimum atomic E-state index is -1.08. The van der Waals surface area contributed by atoms with Crippen molar-refractivity contribution in [3.63, 3.8) is 0 Å². The molecule has 0 radical (unpaired) electrons. The van der Waals surface area contributed by atoms with Crippen molar-refractivity contribution < 1.29 is 8.60 Å². The van der Waals surface area contributed by atoms with E-state index >= 15 is 0 Å². The van der Waals surface area contributed by atoms with Crippen LogP contribution in [0.4, 0.5) is 4.39 Å². The summed E-state index contributed by atoms with van der Waals surface area (Å²) >= 11 is 0. The zero-order valence-corrected chi connectivity index (χ0v) is 13.1. The number of hydrogen-bond donors (Lipinski definition) is 1. The second-order valence-electron chi connectivity index (χ2n) is 5.62. The van der Waals surface area contributed by atoms with Crippen LogP contribution >= 0.6 is 0 Å². The first kappa shape index (κ1) is 13.7. The average Bonchev–Trinajstić information content (AvgIpc) is 3.02. The van der Waals surface area contributed by atoms with E-state index < -0.39 is 11.0 Å². The molecule has 112 valence electrons. The van der Waals surface area contributed by atoms with Gasteiger partial charge in [0.15, 0.2) is 0 Å². The van der Waals surface area contributed by atoms with Gasteiger partial charge in [-0.25, -0.2) is 12.9 Å². The van der Waals surface area contributed by atoms with Crippen molar-refractivity contribution in [1.29, 1.82) is 0 Å². The Morgan fingerprint density at radius 2 is 2.05 bits per heavy atom. The molecule has 2 atom stereocenters. The highest BCUT2D eigenvalue weighted by molar-refractivity contribution is 7.83. The molecule has 3 aromatic rings.